The molecule has 0 atom stereocenters. The Bertz CT molecular complexity index is 1220. The summed E-state index contributed by atoms with van der Waals surface area (Å²) in [4.78, 5) is 13.5. The lowest BCUT2D eigenvalue weighted by Crippen LogP contribution is -2.57. The highest BCUT2D eigenvalue weighted by molar-refractivity contribution is 6.12. The third-order valence-electron chi connectivity index (χ3n) is 6.06. The van der Waals surface area contributed by atoms with Crippen molar-refractivity contribution in [3.8, 4) is 16.9 Å². The van der Waals surface area contributed by atoms with Crippen LogP contribution in [0.5, 0.6) is 5.75 Å². The maximum Gasteiger partial charge on any atom is 0.270 e. The molecule has 1 amide bonds. The molecule has 2 aliphatic heterocycles. The predicted octanol–water partition coefficient (Wildman–Crippen LogP) is 5.28. The number of methoxy groups -OCH3 is 1. The average molecular weight is 417 g/mol. The van der Waals surface area contributed by atoms with E-state index in [1.165, 1.54) is 12.1 Å². The Kier molecular flexibility index (Phi) is 4.22. The van der Waals surface area contributed by atoms with Crippen molar-refractivity contribution in [1.29, 1.82) is 0 Å². The summed E-state index contributed by atoms with van der Waals surface area (Å²) in [7, 11) is 1.58. The fourth-order valence-electron chi connectivity index (χ4n) is 4.54. The summed E-state index contributed by atoms with van der Waals surface area (Å²) >= 11 is 0. The number of nitrogens with one attached hydrogen (secondary N) is 1. The van der Waals surface area contributed by atoms with Crippen LogP contribution in [-0.4, -0.2) is 18.6 Å². The van der Waals surface area contributed by atoms with Gasteiger partial charge in [0.25, 0.3) is 5.91 Å². The zero-order valence-corrected chi connectivity index (χ0v) is 18.0. The smallest absolute Gasteiger partial charge is 0.270 e. The summed E-state index contributed by atoms with van der Waals surface area (Å²) in [6, 6.07) is 16.5. The van der Waals surface area contributed by atoms with Crippen molar-refractivity contribution in [2.24, 2.45) is 0 Å². The second-order valence-electron chi connectivity index (χ2n) is 8.54. The number of benzene rings is 3. The molecule has 158 valence electrons. The van der Waals surface area contributed by atoms with Gasteiger partial charge in [-0.25, -0.2) is 9.40 Å². The molecule has 0 spiro atoms. The molecule has 2 heterocycles. The Morgan fingerprint density at radius 3 is 2.58 bits per heavy atom. The summed E-state index contributed by atoms with van der Waals surface area (Å²) in [5.74, 6) is 0.223. The molecule has 0 saturated carbocycles. The van der Waals surface area contributed by atoms with Gasteiger partial charge in [0.15, 0.2) is 0 Å². The third kappa shape index (κ3) is 2.86. The van der Waals surface area contributed by atoms with Gasteiger partial charge in [-0.2, -0.15) is 0 Å². The molecule has 3 aromatic carbocycles. The summed E-state index contributed by atoms with van der Waals surface area (Å²) in [6.45, 7) is 6.30. The second-order valence-corrected chi connectivity index (χ2v) is 8.54. The normalized spacial score (nSPS) is 16.2. The molecule has 0 radical (unpaired) electrons. The molecule has 2 aliphatic rings. The number of anilines is 3. The maximum absolute atomic E-state index is 14.2. The topological polar surface area (TPSA) is 44.8 Å². The fourth-order valence-corrected chi connectivity index (χ4v) is 4.54. The molecule has 1 N–H and O–H groups in total. The molecule has 0 aromatic heterocycles. The Morgan fingerprint density at radius 1 is 1.06 bits per heavy atom. The number of para-hydroxylation sites is 1. The monoisotopic (exact) mass is 417 g/mol. The van der Waals surface area contributed by atoms with E-state index in [1.54, 1.807) is 18.2 Å². The van der Waals surface area contributed by atoms with Crippen LogP contribution < -0.4 is 20.1 Å². The Morgan fingerprint density at radius 2 is 1.84 bits per heavy atom. The number of amides is 1. The Hall–Kier alpha value is -3.54. The van der Waals surface area contributed by atoms with Crippen LogP contribution in [0, 0.1) is 12.7 Å². The number of ether oxygens (including phenoxy) is 1. The van der Waals surface area contributed by atoms with Crippen LogP contribution in [0.25, 0.3) is 11.1 Å². The van der Waals surface area contributed by atoms with Crippen molar-refractivity contribution in [3.63, 3.8) is 0 Å². The molecule has 0 aliphatic carbocycles. The Balaban J connectivity index is 1.76. The van der Waals surface area contributed by atoms with Crippen molar-refractivity contribution in [3.05, 3.63) is 71.5 Å². The van der Waals surface area contributed by atoms with E-state index in [0.717, 1.165) is 33.8 Å². The fraction of sp³-hybridized carbons (Fsp3) is 0.240. The lowest BCUT2D eigenvalue weighted by atomic mass is 9.93. The molecule has 0 bridgehead atoms. The van der Waals surface area contributed by atoms with Gasteiger partial charge in [-0.05, 0) is 62.2 Å². The van der Waals surface area contributed by atoms with E-state index >= 15 is 0 Å². The zero-order valence-electron chi connectivity index (χ0n) is 18.0. The highest BCUT2D eigenvalue weighted by atomic mass is 19.1. The van der Waals surface area contributed by atoms with Gasteiger partial charge in [0.2, 0.25) is 0 Å². The van der Waals surface area contributed by atoms with Crippen molar-refractivity contribution in [1.82, 2.24) is 0 Å². The van der Waals surface area contributed by atoms with Crippen LogP contribution in [0.3, 0.4) is 0 Å². The van der Waals surface area contributed by atoms with Crippen molar-refractivity contribution >= 4 is 23.0 Å². The quantitative estimate of drug-likeness (QED) is 0.630. The standard InChI is InChI=1S/C25H24FN3O2/c1-15-7-5-6-8-21(15)28-14-19-17(18-13-16(26)9-12-22(18)31-4)10-11-20-23(19)29(28)24(30)25(2,3)27-20/h5-13,27H,14H2,1-4H3. The molecule has 6 heteroatoms. The van der Waals surface area contributed by atoms with E-state index in [1.807, 2.05) is 62.2 Å². The molecule has 3 aromatic rings. The first-order valence-electron chi connectivity index (χ1n) is 10.3. The van der Waals surface area contributed by atoms with Gasteiger partial charge in [0.1, 0.15) is 17.1 Å². The number of halogens is 1. The maximum atomic E-state index is 14.2. The number of nitrogens with zero attached hydrogens (tertiary/aromatic N) is 2. The SMILES string of the molecule is COc1ccc(F)cc1-c1ccc2c3c1CN(c1ccccc1C)N3C(=O)C(C)(C)N2. The van der Waals surface area contributed by atoms with Gasteiger partial charge in [-0.3, -0.25) is 9.80 Å². The molecule has 0 fully saturated rings. The highest BCUT2D eigenvalue weighted by Crippen LogP contribution is 2.50. The number of carbonyl (C=O) groups is 1. The van der Waals surface area contributed by atoms with Gasteiger partial charge < -0.3 is 10.1 Å². The lowest BCUT2D eigenvalue weighted by molar-refractivity contribution is -0.122. The molecule has 0 unspecified atom stereocenters. The van der Waals surface area contributed by atoms with E-state index in [-0.39, 0.29) is 11.7 Å². The summed E-state index contributed by atoms with van der Waals surface area (Å²) in [5, 5.41) is 7.17. The van der Waals surface area contributed by atoms with Crippen molar-refractivity contribution < 1.29 is 13.9 Å². The summed E-state index contributed by atoms with van der Waals surface area (Å²) < 4.78 is 19.7. The van der Waals surface area contributed by atoms with Gasteiger partial charge in [-0.15, -0.1) is 0 Å². The van der Waals surface area contributed by atoms with Crippen LogP contribution >= 0.6 is 0 Å². The van der Waals surface area contributed by atoms with Crippen LogP contribution in [0.15, 0.2) is 54.6 Å². The Labute approximate surface area is 181 Å². The average Bonchev–Trinajstić information content (AvgIpc) is 3.13. The summed E-state index contributed by atoms with van der Waals surface area (Å²) in [5.41, 5.74) is 5.47. The molecule has 5 rings (SSSR count). The van der Waals surface area contributed by atoms with Gasteiger partial charge in [0, 0.05) is 11.1 Å². The molecule has 31 heavy (non-hydrogen) atoms. The molecular formula is C25H24FN3O2. The van der Waals surface area contributed by atoms with Crippen LogP contribution in [-0.2, 0) is 11.3 Å². The molecule has 0 saturated heterocycles. The lowest BCUT2D eigenvalue weighted by Gasteiger charge is -2.41. The van der Waals surface area contributed by atoms with E-state index in [2.05, 4.69) is 5.32 Å². The van der Waals surface area contributed by atoms with Crippen LogP contribution in [0.2, 0.25) is 0 Å². The van der Waals surface area contributed by atoms with Crippen molar-refractivity contribution in [2.75, 3.05) is 22.4 Å². The second kappa shape index (κ2) is 6.74. The number of hydrazine groups is 1. The largest absolute Gasteiger partial charge is 0.496 e. The number of aryl methyl sites for hydroxylation is 1. The van der Waals surface area contributed by atoms with Gasteiger partial charge in [0.05, 0.1) is 30.7 Å². The first-order valence-corrected chi connectivity index (χ1v) is 10.3. The number of rotatable bonds is 3. The van der Waals surface area contributed by atoms with E-state index < -0.39 is 5.54 Å². The first kappa shape index (κ1) is 19.4. The highest BCUT2D eigenvalue weighted by Gasteiger charge is 2.47. The summed E-state index contributed by atoms with van der Waals surface area (Å²) in [6.07, 6.45) is 0. The minimum atomic E-state index is -0.756. The van der Waals surface area contributed by atoms with E-state index in [9.17, 15) is 9.18 Å². The number of carbonyl (C=O) groups excluding carboxylic acids is 1. The number of hydrogen-bond acceptors (Lipinski definition) is 4. The third-order valence-corrected chi connectivity index (χ3v) is 6.06. The van der Waals surface area contributed by atoms with Gasteiger partial charge in [-0.1, -0.05) is 24.3 Å². The van der Waals surface area contributed by atoms with Crippen molar-refractivity contribution in [2.45, 2.75) is 32.9 Å². The van der Waals surface area contributed by atoms with E-state index in [0.29, 0.717) is 17.9 Å². The van der Waals surface area contributed by atoms with Gasteiger partial charge >= 0.3 is 0 Å². The van der Waals surface area contributed by atoms with Crippen LogP contribution in [0.4, 0.5) is 21.5 Å². The zero-order chi connectivity index (χ0) is 21.9. The molecule has 5 nitrogen and oxygen atoms in total. The minimum absolute atomic E-state index is 0.0367. The number of hydrogen-bond donors (Lipinski definition) is 1. The minimum Gasteiger partial charge on any atom is -0.496 e. The molecular weight excluding hydrogens is 393 g/mol. The predicted molar refractivity (Wildman–Crippen MR) is 121 cm³/mol. The van der Waals surface area contributed by atoms with E-state index in [4.69, 9.17) is 4.74 Å². The van der Waals surface area contributed by atoms with Crippen LogP contribution in [0.1, 0.15) is 25.0 Å². The first-order chi connectivity index (χ1) is 14.8.